The molecule has 1 radical (unpaired) electrons. The van der Waals surface area contributed by atoms with E-state index < -0.39 is 0 Å². The Morgan fingerprint density at radius 3 is 2.83 bits per heavy atom. The lowest BCUT2D eigenvalue weighted by Crippen LogP contribution is -2.23. The number of nitrogens with one attached hydrogen (secondary N) is 1. The minimum atomic E-state index is 0.694. The Bertz CT molecular complexity index is 23.0. The van der Waals surface area contributed by atoms with Crippen LogP contribution in [0.15, 0.2) is 0 Å². The van der Waals surface area contributed by atoms with Gasteiger partial charge in [-0.25, -0.2) is 0 Å². The molecule has 0 spiro atoms. The molecule has 1 N–H and O–H groups in total. The van der Waals surface area contributed by atoms with Gasteiger partial charge >= 0.3 is 0 Å². The van der Waals surface area contributed by atoms with Crippen molar-refractivity contribution < 1.29 is 4.74 Å². The van der Waals surface area contributed by atoms with Crippen molar-refractivity contribution in [3.05, 3.63) is 6.61 Å². The van der Waals surface area contributed by atoms with Gasteiger partial charge in [0.2, 0.25) is 0 Å². The molecule has 35 valence electrons. The first kappa shape index (κ1) is 4.09. The van der Waals surface area contributed by atoms with E-state index in [1.54, 1.807) is 0 Å². The maximum absolute atomic E-state index is 4.83. The monoisotopic (exact) mass is 86.1 g/mol. The Hall–Kier alpha value is -0.0800. The molecule has 1 fully saturated rings. The molecule has 6 heavy (non-hydrogen) atoms. The van der Waals surface area contributed by atoms with E-state index in [2.05, 4.69) is 5.32 Å². The average molecular weight is 86.1 g/mol. The lowest BCUT2D eigenvalue weighted by atomic mass is 10.4. The van der Waals surface area contributed by atoms with Gasteiger partial charge in [-0.2, -0.15) is 0 Å². The van der Waals surface area contributed by atoms with Gasteiger partial charge in [0.25, 0.3) is 0 Å². The first-order chi connectivity index (χ1) is 3.00. The van der Waals surface area contributed by atoms with Gasteiger partial charge in [-0.3, -0.25) is 5.32 Å². The van der Waals surface area contributed by atoms with Crippen LogP contribution in [0, 0.1) is 6.61 Å². The molecule has 0 saturated carbocycles. The molecular formula is C4H8NO. The van der Waals surface area contributed by atoms with E-state index in [-0.39, 0.29) is 0 Å². The molecule has 1 aliphatic heterocycles. The van der Waals surface area contributed by atoms with Crippen molar-refractivity contribution in [3.8, 4) is 0 Å². The molecule has 1 saturated heterocycles. The maximum atomic E-state index is 4.83. The van der Waals surface area contributed by atoms with E-state index >= 15 is 0 Å². The first-order valence-corrected chi connectivity index (χ1v) is 2.14. The molecule has 0 aromatic heterocycles. The summed E-state index contributed by atoms with van der Waals surface area (Å²) in [6, 6.07) is 0. The normalized spacial score (nSPS) is 24.0. The van der Waals surface area contributed by atoms with Crippen LogP contribution in [0.4, 0.5) is 0 Å². The van der Waals surface area contributed by atoms with Crippen molar-refractivity contribution in [3.63, 3.8) is 0 Å². The Morgan fingerprint density at radius 1 is 1.67 bits per heavy atom. The highest BCUT2D eigenvalue weighted by atomic mass is 16.5. The molecular weight excluding hydrogens is 78.0 g/mol. The lowest BCUT2D eigenvalue weighted by Gasteiger charge is -2.09. The third-order valence-corrected chi connectivity index (χ3v) is 0.742. The number of hydrogen-bond donors (Lipinski definition) is 1. The Morgan fingerprint density at radius 2 is 2.67 bits per heavy atom. The SMILES string of the molecule is [CH]1CCNCO1. The van der Waals surface area contributed by atoms with Gasteiger partial charge in [0.15, 0.2) is 0 Å². The average Bonchev–Trinajstić information content (AvgIpc) is 1.72. The molecule has 2 nitrogen and oxygen atoms in total. The van der Waals surface area contributed by atoms with E-state index in [0.717, 1.165) is 13.0 Å². The van der Waals surface area contributed by atoms with Crippen molar-refractivity contribution in [1.82, 2.24) is 5.32 Å². The van der Waals surface area contributed by atoms with Gasteiger partial charge < -0.3 is 4.74 Å². The standard InChI is InChI=1S/C4H8NO/c1-2-5-4-6-3-1/h3,5H,1-2,4H2. The summed E-state index contributed by atoms with van der Waals surface area (Å²) in [6.45, 7) is 3.59. The van der Waals surface area contributed by atoms with Crippen molar-refractivity contribution in [2.24, 2.45) is 0 Å². The van der Waals surface area contributed by atoms with Gasteiger partial charge in [-0.1, -0.05) is 0 Å². The molecule has 0 bridgehead atoms. The summed E-state index contributed by atoms with van der Waals surface area (Å²) in [5.41, 5.74) is 0. The minimum Gasteiger partial charge on any atom is -0.360 e. The maximum Gasteiger partial charge on any atom is 0.0970 e. The van der Waals surface area contributed by atoms with Crippen LogP contribution in [0.1, 0.15) is 6.42 Å². The van der Waals surface area contributed by atoms with E-state index in [1.807, 2.05) is 6.61 Å². The highest BCUT2D eigenvalue weighted by Gasteiger charge is 1.93. The Labute approximate surface area is 37.5 Å². The van der Waals surface area contributed by atoms with E-state index in [0.29, 0.717) is 6.73 Å². The second-order valence-electron chi connectivity index (χ2n) is 1.27. The molecule has 1 heterocycles. The molecule has 1 rings (SSSR count). The molecule has 1 aliphatic rings. The fourth-order valence-electron chi connectivity index (χ4n) is 0.434. The smallest absolute Gasteiger partial charge is 0.0970 e. The second-order valence-corrected chi connectivity index (χ2v) is 1.27. The largest absolute Gasteiger partial charge is 0.360 e. The summed E-state index contributed by atoms with van der Waals surface area (Å²) in [7, 11) is 0. The van der Waals surface area contributed by atoms with Crippen LogP contribution in [-0.2, 0) is 4.74 Å². The Kier molecular flexibility index (Phi) is 1.47. The minimum absolute atomic E-state index is 0.694. The van der Waals surface area contributed by atoms with Crippen molar-refractivity contribution in [2.75, 3.05) is 13.3 Å². The van der Waals surface area contributed by atoms with E-state index in [4.69, 9.17) is 4.74 Å². The van der Waals surface area contributed by atoms with Crippen LogP contribution in [-0.4, -0.2) is 13.3 Å². The van der Waals surface area contributed by atoms with Gasteiger partial charge in [0, 0.05) is 0 Å². The third kappa shape index (κ3) is 0.954. The summed E-state index contributed by atoms with van der Waals surface area (Å²) in [4.78, 5) is 0. The summed E-state index contributed by atoms with van der Waals surface area (Å²) in [5.74, 6) is 0. The fraction of sp³-hybridized carbons (Fsp3) is 0.750. The quantitative estimate of drug-likeness (QED) is 0.452. The predicted octanol–water partition coefficient (Wildman–Crippen LogP) is 0.116. The zero-order chi connectivity index (χ0) is 4.24. The van der Waals surface area contributed by atoms with Crippen LogP contribution in [0.3, 0.4) is 0 Å². The lowest BCUT2D eigenvalue weighted by molar-refractivity contribution is 0.141. The summed E-state index contributed by atoms with van der Waals surface area (Å²) < 4.78 is 4.83. The van der Waals surface area contributed by atoms with E-state index in [1.165, 1.54) is 0 Å². The molecule has 2 heteroatoms. The van der Waals surface area contributed by atoms with Gasteiger partial charge in [-0.15, -0.1) is 0 Å². The van der Waals surface area contributed by atoms with Gasteiger partial charge in [0.05, 0.1) is 13.3 Å². The van der Waals surface area contributed by atoms with Crippen LogP contribution in [0.2, 0.25) is 0 Å². The highest BCUT2D eigenvalue weighted by molar-refractivity contribution is 4.57. The number of ether oxygens (including phenoxy) is 1. The molecule has 0 aromatic rings. The van der Waals surface area contributed by atoms with Crippen LogP contribution in [0.25, 0.3) is 0 Å². The Balaban J connectivity index is 2.00. The highest BCUT2D eigenvalue weighted by Crippen LogP contribution is 1.90. The molecule has 0 aromatic carbocycles. The zero-order valence-electron chi connectivity index (χ0n) is 3.61. The third-order valence-electron chi connectivity index (χ3n) is 0.742. The van der Waals surface area contributed by atoms with Crippen molar-refractivity contribution >= 4 is 0 Å². The van der Waals surface area contributed by atoms with Crippen LogP contribution >= 0.6 is 0 Å². The topological polar surface area (TPSA) is 21.3 Å². The zero-order valence-corrected chi connectivity index (χ0v) is 3.61. The van der Waals surface area contributed by atoms with Gasteiger partial charge in [-0.05, 0) is 13.0 Å². The van der Waals surface area contributed by atoms with Crippen molar-refractivity contribution in [1.29, 1.82) is 0 Å². The summed E-state index contributed by atoms with van der Waals surface area (Å²) in [5, 5.41) is 3.03. The predicted molar refractivity (Wildman–Crippen MR) is 22.9 cm³/mol. The first-order valence-electron chi connectivity index (χ1n) is 2.14. The number of rotatable bonds is 0. The summed E-state index contributed by atoms with van der Waals surface area (Å²) >= 11 is 0. The van der Waals surface area contributed by atoms with Gasteiger partial charge in [0.1, 0.15) is 0 Å². The molecule has 0 aliphatic carbocycles. The number of hydrogen-bond acceptors (Lipinski definition) is 2. The van der Waals surface area contributed by atoms with Crippen LogP contribution in [0.5, 0.6) is 0 Å². The van der Waals surface area contributed by atoms with Crippen molar-refractivity contribution in [2.45, 2.75) is 6.42 Å². The fourth-order valence-corrected chi connectivity index (χ4v) is 0.434. The molecule has 0 unspecified atom stereocenters. The molecule has 0 atom stereocenters. The second kappa shape index (κ2) is 2.16. The van der Waals surface area contributed by atoms with E-state index in [9.17, 15) is 0 Å². The summed E-state index contributed by atoms with van der Waals surface area (Å²) in [6.07, 6.45) is 1.04. The molecule has 0 amide bonds. The van der Waals surface area contributed by atoms with Crippen LogP contribution < -0.4 is 5.32 Å².